The minimum atomic E-state index is -0.464. The Morgan fingerprint density at radius 2 is 1.86 bits per heavy atom. The van der Waals surface area contributed by atoms with Crippen LogP contribution in [-0.4, -0.2) is 18.4 Å². The molecular formula is C22H23N3O2S2. The number of nitrogens with two attached hydrogens (primary N) is 1. The lowest BCUT2D eigenvalue weighted by Gasteiger charge is -2.18. The normalized spacial score (nSPS) is 14.2. The number of primary amides is 1. The Morgan fingerprint density at radius 1 is 1.07 bits per heavy atom. The number of anilines is 1. The molecule has 0 aliphatic heterocycles. The fraction of sp³-hybridized carbons (Fsp3) is 0.273. The van der Waals surface area contributed by atoms with Crippen molar-refractivity contribution in [2.24, 2.45) is 5.73 Å². The SMILES string of the molecule is NC(=O)c1c(NC(=O)CNC(c2ccccc2)c2cccs2)sc2c1CCCC2. The van der Waals surface area contributed by atoms with Gasteiger partial charge in [0.1, 0.15) is 5.00 Å². The fourth-order valence-corrected chi connectivity index (χ4v) is 5.90. The molecule has 4 N–H and O–H groups in total. The van der Waals surface area contributed by atoms with Gasteiger partial charge in [-0.1, -0.05) is 36.4 Å². The van der Waals surface area contributed by atoms with Gasteiger partial charge in [-0.05, 0) is 48.3 Å². The third-order valence-electron chi connectivity index (χ3n) is 5.10. The molecule has 1 aliphatic rings. The standard InChI is InChI=1S/C22H23N3O2S2/c23-21(27)19-15-9-4-5-10-16(15)29-22(19)25-18(26)13-24-20(17-11-6-12-28-17)14-7-2-1-3-8-14/h1-3,6-8,11-12,20,24H,4-5,9-10,13H2,(H2,23,27)(H,25,26). The molecule has 0 radical (unpaired) electrons. The van der Waals surface area contributed by atoms with Gasteiger partial charge in [0.15, 0.2) is 0 Å². The molecule has 1 aliphatic carbocycles. The Labute approximate surface area is 178 Å². The molecule has 0 saturated carbocycles. The molecule has 7 heteroatoms. The maximum absolute atomic E-state index is 12.7. The predicted octanol–water partition coefficient (Wildman–Crippen LogP) is 4.11. The summed E-state index contributed by atoms with van der Waals surface area (Å²) >= 11 is 3.14. The van der Waals surface area contributed by atoms with Gasteiger partial charge in [0.05, 0.1) is 18.2 Å². The van der Waals surface area contributed by atoms with Gasteiger partial charge in [0, 0.05) is 9.75 Å². The highest BCUT2D eigenvalue weighted by molar-refractivity contribution is 7.17. The molecule has 0 saturated heterocycles. The van der Waals surface area contributed by atoms with Crippen LogP contribution in [-0.2, 0) is 17.6 Å². The summed E-state index contributed by atoms with van der Waals surface area (Å²) in [6.45, 7) is 0.137. The van der Waals surface area contributed by atoms with E-state index in [-0.39, 0.29) is 18.5 Å². The van der Waals surface area contributed by atoms with E-state index in [2.05, 4.69) is 16.7 Å². The van der Waals surface area contributed by atoms with Gasteiger partial charge in [0.2, 0.25) is 5.91 Å². The smallest absolute Gasteiger partial charge is 0.251 e. The zero-order valence-corrected chi connectivity index (χ0v) is 17.6. The van der Waals surface area contributed by atoms with Gasteiger partial charge in [-0.25, -0.2) is 0 Å². The van der Waals surface area contributed by atoms with Crippen LogP contribution < -0.4 is 16.4 Å². The van der Waals surface area contributed by atoms with E-state index in [0.29, 0.717) is 10.6 Å². The third-order valence-corrected chi connectivity index (χ3v) is 7.24. The molecule has 0 bridgehead atoms. The van der Waals surface area contributed by atoms with E-state index >= 15 is 0 Å². The molecule has 150 valence electrons. The van der Waals surface area contributed by atoms with Crippen molar-refractivity contribution in [2.75, 3.05) is 11.9 Å². The number of amides is 2. The third kappa shape index (κ3) is 4.42. The number of benzene rings is 1. The van der Waals surface area contributed by atoms with Crippen LogP contribution >= 0.6 is 22.7 Å². The van der Waals surface area contributed by atoms with Crippen LogP contribution in [0.3, 0.4) is 0 Å². The second-order valence-electron chi connectivity index (χ2n) is 7.07. The molecule has 3 aromatic rings. The molecule has 4 rings (SSSR count). The van der Waals surface area contributed by atoms with Crippen molar-refractivity contribution in [1.82, 2.24) is 5.32 Å². The van der Waals surface area contributed by atoms with Crippen molar-refractivity contribution in [3.05, 3.63) is 74.3 Å². The molecular weight excluding hydrogens is 402 g/mol. The van der Waals surface area contributed by atoms with Crippen molar-refractivity contribution >= 4 is 39.5 Å². The molecule has 1 aromatic carbocycles. The summed E-state index contributed by atoms with van der Waals surface area (Å²) in [6, 6.07) is 14.1. The van der Waals surface area contributed by atoms with E-state index in [1.165, 1.54) is 16.2 Å². The van der Waals surface area contributed by atoms with Crippen molar-refractivity contribution in [2.45, 2.75) is 31.7 Å². The van der Waals surface area contributed by atoms with Gasteiger partial charge in [-0.15, -0.1) is 22.7 Å². The summed E-state index contributed by atoms with van der Waals surface area (Å²) in [5.74, 6) is -0.642. The van der Waals surface area contributed by atoms with Gasteiger partial charge < -0.3 is 11.1 Å². The number of fused-ring (bicyclic) bond motifs is 1. The lowest BCUT2D eigenvalue weighted by molar-refractivity contribution is -0.115. The second-order valence-corrected chi connectivity index (χ2v) is 9.15. The average molecular weight is 426 g/mol. The van der Waals surface area contributed by atoms with E-state index < -0.39 is 5.91 Å². The summed E-state index contributed by atoms with van der Waals surface area (Å²) in [5.41, 5.74) is 8.25. The summed E-state index contributed by atoms with van der Waals surface area (Å²) in [5, 5.41) is 8.89. The molecule has 2 amide bonds. The number of carbonyl (C=O) groups excluding carboxylic acids is 2. The quantitative estimate of drug-likeness (QED) is 0.533. The van der Waals surface area contributed by atoms with Crippen LogP contribution in [0.2, 0.25) is 0 Å². The van der Waals surface area contributed by atoms with Crippen LogP contribution in [0.15, 0.2) is 47.8 Å². The number of hydrogen-bond donors (Lipinski definition) is 3. The van der Waals surface area contributed by atoms with Crippen LogP contribution in [0.1, 0.15) is 50.1 Å². The summed E-state index contributed by atoms with van der Waals surface area (Å²) in [6.07, 6.45) is 3.97. The van der Waals surface area contributed by atoms with Crippen LogP contribution in [0.4, 0.5) is 5.00 Å². The predicted molar refractivity (Wildman–Crippen MR) is 119 cm³/mol. The van der Waals surface area contributed by atoms with E-state index in [1.807, 2.05) is 41.8 Å². The van der Waals surface area contributed by atoms with Gasteiger partial charge in [-0.3, -0.25) is 14.9 Å². The Morgan fingerprint density at radius 3 is 2.59 bits per heavy atom. The van der Waals surface area contributed by atoms with Gasteiger partial charge in [0.25, 0.3) is 5.91 Å². The van der Waals surface area contributed by atoms with Crippen molar-refractivity contribution in [3.63, 3.8) is 0 Å². The monoisotopic (exact) mass is 425 g/mol. The molecule has 0 spiro atoms. The highest BCUT2D eigenvalue weighted by atomic mass is 32.1. The first-order valence-corrected chi connectivity index (χ1v) is 11.4. The molecule has 0 fully saturated rings. The van der Waals surface area contributed by atoms with Gasteiger partial charge in [-0.2, -0.15) is 0 Å². The molecule has 29 heavy (non-hydrogen) atoms. The van der Waals surface area contributed by atoms with E-state index in [1.54, 1.807) is 11.3 Å². The van der Waals surface area contributed by atoms with Crippen LogP contribution in [0.5, 0.6) is 0 Å². The lowest BCUT2D eigenvalue weighted by atomic mass is 9.95. The minimum Gasteiger partial charge on any atom is -0.365 e. The molecule has 2 heterocycles. The number of nitrogens with one attached hydrogen (secondary N) is 2. The van der Waals surface area contributed by atoms with E-state index in [9.17, 15) is 9.59 Å². The molecule has 1 atom stereocenters. The van der Waals surface area contributed by atoms with Crippen LogP contribution in [0.25, 0.3) is 0 Å². The van der Waals surface area contributed by atoms with Crippen molar-refractivity contribution in [1.29, 1.82) is 0 Å². The first-order chi connectivity index (χ1) is 14.1. The number of thiophene rings is 2. The highest BCUT2D eigenvalue weighted by Gasteiger charge is 2.25. The Balaban J connectivity index is 1.48. The van der Waals surface area contributed by atoms with E-state index in [0.717, 1.165) is 41.7 Å². The minimum absolute atomic E-state index is 0.0610. The largest absolute Gasteiger partial charge is 0.365 e. The maximum atomic E-state index is 12.7. The highest BCUT2D eigenvalue weighted by Crippen LogP contribution is 2.37. The zero-order valence-electron chi connectivity index (χ0n) is 15.9. The molecule has 1 unspecified atom stereocenters. The number of aryl methyl sites for hydroxylation is 1. The average Bonchev–Trinajstić information content (AvgIpc) is 3.36. The lowest BCUT2D eigenvalue weighted by Crippen LogP contribution is -2.32. The van der Waals surface area contributed by atoms with E-state index in [4.69, 9.17) is 5.73 Å². The van der Waals surface area contributed by atoms with Crippen LogP contribution in [0, 0.1) is 0 Å². The Hall–Kier alpha value is -2.48. The zero-order chi connectivity index (χ0) is 20.2. The number of rotatable bonds is 7. The summed E-state index contributed by atoms with van der Waals surface area (Å²) in [7, 11) is 0. The maximum Gasteiger partial charge on any atom is 0.251 e. The first-order valence-electron chi connectivity index (χ1n) is 9.69. The second kappa shape index (κ2) is 8.90. The van der Waals surface area contributed by atoms with Gasteiger partial charge >= 0.3 is 0 Å². The summed E-state index contributed by atoms with van der Waals surface area (Å²) < 4.78 is 0. The van der Waals surface area contributed by atoms with Crippen molar-refractivity contribution in [3.8, 4) is 0 Å². The first kappa shape index (κ1) is 19.8. The van der Waals surface area contributed by atoms with Crippen molar-refractivity contribution < 1.29 is 9.59 Å². The Kier molecular flexibility index (Phi) is 6.08. The topological polar surface area (TPSA) is 84.2 Å². The molecule has 2 aromatic heterocycles. The number of hydrogen-bond acceptors (Lipinski definition) is 5. The Bertz CT molecular complexity index is 997. The summed E-state index contributed by atoms with van der Waals surface area (Å²) in [4.78, 5) is 27.0. The fourth-order valence-electron chi connectivity index (χ4n) is 3.76. The molecule has 5 nitrogen and oxygen atoms in total. The number of carbonyl (C=O) groups is 2.